The maximum atomic E-state index is 14.3. The minimum atomic E-state index is -3.62. The number of carbonyl (C=O) groups is 1. The Kier molecular flexibility index (Phi) is 11.7. The Morgan fingerprint density at radius 1 is 1.20 bits per heavy atom. The lowest BCUT2D eigenvalue weighted by atomic mass is 9.72. The Bertz CT molecular complexity index is 1550. The van der Waals surface area contributed by atoms with Crippen molar-refractivity contribution in [2.45, 2.75) is 77.2 Å². The zero-order valence-electron chi connectivity index (χ0n) is 28.1. The maximum absolute atomic E-state index is 14.3. The molecule has 5 rings (SSSR count). The average molecular weight is 714 g/mol. The normalized spacial score (nSPS) is 22.8. The number of ether oxygens (including phenoxy) is 2. The van der Waals surface area contributed by atoms with Crippen LogP contribution in [-0.2, 0) is 14.9 Å². The summed E-state index contributed by atoms with van der Waals surface area (Å²) in [6.45, 7) is 7.92. The number of aliphatic hydroxyl groups is 1. The van der Waals surface area contributed by atoms with Crippen LogP contribution in [0.2, 0.25) is 0 Å². The number of benzene rings is 1. The lowest BCUT2D eigenvalue weighted by Crippen LogP contribution is -2.62. The van der Waals surface area contributed by atoms with Crippen molar-refractivity contribution in [2.75, 3.05) is 57.3 Å². The molecule has 3 fully saturated rings. The molecule has 2 atom stereocenters. The van der Waals surface area contributed by atoms with E-state index in [1.54, 1.807) is 13.8 Å². The number of hydrogen-bond donors (Lipinski definition) is 3. The van der Waals surface area contributed by atoms with Crippen molar-refractivity contribution in [3.63, 3.8) is 0 Å². The van der Waals surface area contributed by atoms with E-state index in [9.17, 15) is 31.5 Å². The highest BCUT2D eigenvalue weighted by atomic mass is 32.2. The van der Waals surface area contributed by atoms with E-state index in [1.165, 1.54) is 18.6 Å². The highest BCUT2D eigenvalue weighted by molar-refractivity contribution is 7.87. The Morgan fingerprint density at radius 2 is 1.94 bits per heavy atom. The number of aromatic nitrogens is 2. The standard InChI is InChI=1S/C32H46F3N7O6S/c1-4-11-38-49(45,46)39-24-7-8-32(44,47-17-24)20-40-12-9-31(10-13-40)18-41(19-31)29-27(15-36-21-37-29)48-26-6-5-23(33)14-25(26)30(43)42(22(2)3)16-28(34)35/h5-6,14-15,21-22,24,28,38-39,44H,4,7-13,16-20H2,1-3H3/t24-,32-/m1/s1. The van der Waals surface area contributed by atoms with Gasteiger partial charge in [0.25, 0.3) is 22.5 Å². The molecule has 272 valence electrons. The van der Waals surface area contributed by atoms with Gasteiger partial charge < -0.3 is 24.4 Å². The van der Waals surface area contributed by atoms with Crippen LogP contribution in [0.4, 0.5) is 19.0 Å². The SMILES string of the molecule is CCCNS(=O)(=O)N[C@@H]1CC[C@](O)(CN2CCC3(CC2)CN(c2ncncc2Oc2ccc(F)cc2C(=O)N(CC(F)F)C(C)C)C3)OC1. The number of nitrogens with zero attached hydrogens (tertiary/aromatic N) is 5. The van der Waals surface area contributed by atoms with E-state index in [2.05, 4.69) is 24.3 Å². The summed E-state index contributed by atoms with van der Waals surface area (Å²) in [5.41, 5.74) is -0.158. The van der Waals surface area contributed by atoms with Crippen molar-refractivity contribution in [3.8, 4) is 11.5 Å². The molecule has 3 aliphatic heterocycles. The van der Waals surface area contributed by atoms with Crippen LogP contribution < -0.4 is 19.1 Å². The smallest absolute Gasteiger partial charge is 0.277 e. The third-order valence-corrected chi connectivity index (χ3v) is 10.5. The van der Waals surface area contributed by atoms with Gasteiger partial charge >= 0.3 is 0 Å². The van der Waals surface area contributed by atoms with E-state index in [0.717, 1.165) is 43.0 Å². The van der Waals surface area contributed by atoms with Gasteiger partial charge in [0.15, 0.2) is 17.4 Å². The van der Waals surface area contributed by atoms with Crippen molar-refractivity contribution in [3.05, 3.63) is 42.1 Å². The molecule has 1 aromatic carbocycles. The lowest BCUT2D eigenvalue weighted by molar-refractivity contribution is -0.239. The Balaban J connectivity index is 1.16. The van der Waals surface area contributed by atoms with E-state index >= 15 is 0 Å². The molecule has 0 unspecified atom stereocenters. The van der Waals surface area contributed by atoms with Gasteiger partial charge in [0.2, 0.25) is 0 Å². The largest absolute Gasteiger partial charge is 0.451 e. The quantitative estimate of drug-likeness (QED) is 0.267. The molecule has 0 saturated carbocycles. The summed E-state index contributed by atoms with van der Waals surface area (Å²) < 4.78 is 82.0. The van der Waals surface area contributed by atoms with Crippen LogP contribution in [0.1, 0.15) is 63.2 Å². The topological polar surface area (TPSA) is 149 Å². The third-order valence-electron chi connectivity index (χ3n) is 9.31. The van der Waals surface area contributed by atoms with E-state index < -0.39 is 52.8 Å². The summed E-state index contributed by atoms with van der Waals surface area (Å²) in [5.74, 6) is -2.08. The number of piperidine rings is 1. The van der Waals surface area contributed by atoms with Gasteiger partial charge in [0.05, 0.1) is 31.5 Å². The molecule has 3 N–H and O–H groups in total. The Morgan fingerprint density at radius 3 is 2.57 bits per heavy atom. The zero-order chi connectivity index (χ0) is 35.4. The second-order valence-corrected chi connectivity index (χ2v) is 15.1. The van der Waals surface area contributed by atoms with Crippen LogP contribution >= 0.6 is 0 Å². The number of rotatable bonds is 14. The van der Waals surface area contributed by atoms with E-state index in [-0.39, 0.29) is 29.1 Å². The van der Waals surface area contributed by atoms with E-state index in [0.29, 0.717) is 51.3 Å². The first-order valence-corrected chi connectivity index (χ1v) is 18.2. The Hall–Kier alpha value is -3.09. The number of halogens is 3. The van der Waals surface area contributed by atoms with Crippen LogP contribution in [0, 0.1) is 11.2 Å². The monoisotopic (exact) mass is 713 g/mol. The molecule has 13 nitrogen and oxygen atoms in total. The number of hydrogen-bond acceptors (Lipinski definition) is 10. The molecule has 4 heterocycles. The molecule has 1 aromatic heterocycles. The number of carbonyl (C=O) groups excluding carboxylic acids is 1. The summed E-state index contributed by atoms with van der Waals surface area (Å²) in [6, 6.07) is 2.45. The fourth-order valence-electron chi connectivity index (χ4n) is 6.62. The lowest BCUT2D eigenvalue weighted by Gasteiger charge is -2.55. The molecule has 0 aliphatic carbocycles. The summed E-state index contributed by atoms with van der Waals surface area (Å²) in [7, 11) is -3.62. The average Bonchev–Trinajstić information content (AvgIpc) is 3.04. The predicted octanol–water partition coefficient (Wildman–Crippen LogP) is 3.13. The molecule has 0 bridgehead atoms. The van der Waals surface area contributed by atoms with Gasteiger partial charge in [-0.05, 0) is 70.8 Å². The van der Waals surface area contributed by atoms with Crippen molar-refractivity contribution < 1.29 is 41.0 Å². The minimum Gasteiger partial charge on any atom is -0.451 e. The second-order valence-electron chi connectivity index (χ2n) is 13.5. The molecular formula is C32H46F3N7O6S. The second kappa shape index (κ2) is 15.4. The maximum Gasteiger partial charge on any atom is 0.277 e. The number of nitrogens with one attached hydrogen (secondary N) is 2. The third kappa shape index (κ3) is 9.38. The molecule has 17 heteroatoms. The summed E-state index contributed by atoms with van der Waals surface area (Å²) in [4.78, 5) is 27.0. The van der Waals surface area contributed by atoms with Gasteiger partial charge in [-0.2, -0.15) is 13.1 Å². The summed E-state index contributed by atoms with van der Waals surface area (Å²) >= 11 is 0. The van der Waals surface area contributed by atoms with Crippen molar-refractivity contribution >= 4 is 21.9 Å². The highest BCUT2D eigenvalue weighted by Crippen LogP contribution is 2.45. The molecule has 1 amide bonds. The van der Waals surface area contributed by atoms with Gasteiger partial charge in [0.1, 0.15) is 17.9 Å². The van der Waals surface area contributed by atoms with Crippen LogP contribution in [0.15, 0.2) is 30.7 Å². The first-order valence-electron chi connectivity index (χ1n) is 16.7. The van der Waals surface area contributed by atoms with Crippen LogP contribution in [-0.4, -0.2) is 116 Å². The first-order chi connectivity index (χ1) is 23.2. The van der Waals surface area contributed by atoms with Gasteiger partial charge in [-0.15, -0.1) is 0 Å². The molecule has 0 radical (unpaired) electrons. The molecule has 49 heavy (non-hydrogen) atoms. The molecule has 2 aromatic rings. The molecule has 1 spiro atoms. The highest BCUT2D eigenvalue weighted by Gasteiger charge is 2.47. The number of alkyl halides is 2. The van der Waals surface area contributed by atoms with E-state index in [4.69, 9.17) is 9.47 Å². The van der Waals surface area contributed by atoms with E-state index in [1.807, 2.05) is 11.8 Å². The Labute approximate surface area is 285 Å². The molecule has 3 aliphatic rings. The fourth-order valence-corrected chi connectivity index (χ4v) is 7.80. The summed E-state index contributed by atoms with van der Waals surface area (Å²) in [6.07, 6.45) is 3.28. The van der Waals surface area contributed by atoms with Gasteiger partial charge in [-0.25, -0.2) is 27.9 Å². The van der Waals surface area contributed by atoms with Crippen molar-refractivity contribution in [2.24, 2.45) is 5.41 Å². The van der Waals surface area contributed by atoms with Gasteiger partial charge in [0, 0.05) is 43.6 Å². The molecule has 3 saturated heterocycles. The van der Waals surface area contributed by atoms with Gasteiger partial charge in [-0.1, -0.05) is 6.92 Å². The number of amides is 1. The van der Waals surface area contributed by atoms with Crippen molar-refractivity contribution in [1.29, 1.82) is 0 Å². The first kappa shape index (κ1) is 37.2. The van der Waals surface area contributed by atoms with Gasteiger partial charge in [-0.3, -0.25) is 9.69 Å². The van der Waals surface area contributed by atoms with Crippen LogP contribution in [0.25, 0.3) is 0 Å². The van der Waals surface area contributed by atoms with Crippen LogP contribution in [0.5, 0.6) is 11.5 Å². The number of likely N-dealkylation sites (tertiary alicyclic amines) is 1. The summed E-state index contributed by atoms with van der Waals surface area (Å²) in [5, 5.41) is 11.1. The van der Waals surface area contributed by atoms with Crippen molar-refractivity contribution in [1.82, 2.24) is 29.2 Å². The minimum absolute atomic E-state index is 0.00524. The molecular weight excluding hydrogens is 667 g/mol. The fraction of sp³-hybridized carbons (Fsp3) is 0.656. The number of β-amino-alcohol motifs (C(OH)–C–C–N with tert-alkyl or cyclic N) is 1. The predicted molar refractivity (Wildman–Crippen MR) is 175 cm³/mol. The number of anilines is 1. The zero-order valence-corrected chi connectivity index (χ0v) is 28.9. The van der Waals surface area contributed by atoms with Crippen LogP contribution in [0.3, 0.4) is 0 Å².